The molecule has 0 bridgehead atoms. The van der Waals surface area contributed by atoms with Gasteiger partial charge in [0.1, 0.15) is 0 Å². The quantitative estimate of drug-likeness (QED) is 0.823. The van der Waals surface area contributed by atoms with Gasteiger partial charge in [-0.05, 0) is 50.3 Å². The standard InChI is InChI=1S/C17H27NO2/c1-4-20-16-10-9-14(11-17(16)19-3)12-18-13(2)15-7-5-6-8-15/h9-11,13,15,18H,4-8,12H2,1-3H3. The molecule has 1 aliphatic carbocycles. The molecule has 3 nitrogen and oxygen atoms in total. The third-order valence-electron chi connectivity index (χ3n) is 4.26. The summed E-state index contributed by atoms with van der Waals surface area (Å²) in [5.41, 5.74) is 1.25. The number of benzene rings is 1. The highest BCUT2D eigenvalue weighted by Gasteiger charge is 2.20. The van der Waals surface area contributed by atoms with E-state index in [0.717, 1.165) is 24.0 Å². The van der Waals surface area contributed by atoms with Gasteiger partial charge >= 0.3 is 0 Å². The van der Waals surface area contributed by atoms with Crippen molar-refractivity contribution in [2.75, 3.05) is 13.7 Å². The summed E-state index contributed by atoms with van der Waals surface area (Å²) in [6.45, 7) is 5.84. The van der Waals surface area contributed by atoms with Gasteiger partial charge in [-0.1, -0.05) is 18.9 Å². The van der Waals surface area contributed by atoms with Gasteiger partial charge < -0.3 is 14.8 Å². The van der Waals surface area contributed by atoms with Crippen LogP contribution in [0.2, 0.25) is 0 Å². The Morgan fingerprint density at radius 2 is 2.00 bits per heavy atom. The van der Waals surface area contributed by atoms with Gasteiger partial charge in [0.2, 0.25) is 0 Å². The van der Waals surface area contributed by atoms with Gasteiger partial charge in [-0.3, -0.25) is 0 Å². The molecule has 20 heavy (non-hydrogen) atoms. The summed E-state index contributed by atoms with van der Waals surface area (Å²) in [6.07, 6.45) is 5.54. The van der Waals surface area contributed by atoms with E-state index in [2.05, 4.69) is 24.4 Å². The van der Waals surface area contributed by atoms with Crippen LogP contribution in [0.1, 0.15) is 45.1 Å². The van der Waals surface area contributed by atoms with Crippen molar-refractivity contribution < 1.29 is 9.47 Å². The van der Waals surface area contributed by atoms with Crippen molar-refractivity contribution in [1.29, 1.82) is 0 Å². The van der Waals surface area contributed by atoms with Crippen LogP contribution >= 0.6 is 0 Å². The molecule has 1 fully saturated rings. The van der Waals surface area contributed by atoms with Gasteiger partial charge in [0.25, 0.3) is 0 Å². The molecule has 0 heterocycles. The molecule has 1 atom stereocenters. The molecule has 0 saturated heterocycles. The van der Waals surface area contributed by atoms with E-state index >= 15 is 0 Å². The molecular weight excluding hydrogens is 250 g/mol. The zero-order valence-corrected chi connectivity index (χ0v) is 12.9. The molecule has 1 unspecified atom stereocenters. The molecule has 1 saturated carbocycles. The average Bonchev–Trinajstić information content (AvgIpc) is 3.00. The molecule has 3 heteroatoms. The highest BCUT2D eigenvalue weighted by Crippen LogP contribution is 2.29. The third-order valence-corrected chi connectivity index (χ3v) is 4.26. The highest BCUT2D eigenvalue weighted by molar-refractivity contribution is 5.42. The maximum atomic E-state index is 5.54. The predicted molar refractivity (Wildman–Crippen MR) is 82.4 cm³/mol. The summed E-state index contributed by atoms with van der Waals surface area (Å²) < 4.78 is 10.9. The second-order valence-corrected chi connectivity index (χ2v) is 5.63. The van der Waals surface area contributed by atoms with Crippen LogP contribution in [-0.4, -0.2) is 19.8 Å². The maximum absolute atomic E-state index is 5.54. The number of methoxy groups -OCH3 is 1. The lowest BCUT2D eigenvalue weighted by molar-refractivity contribution is 0.310. The smallest absolute Gasteiger partial charge is 0.161 e. The Kier molecular flexibility index (Phi) is 5.72. The van der Waals surface area contributed by atoms with Crippen molar-refractivity contribution in [2.24, 2.45) is 5.92 Å². The van der Waals surface area contributed by atoms with E-state index in [0.29, 0.717) is 12.6 Å². The first kappa shape index (κ1) is 15.2. The van der Waals surface area contributed by atoms with Gasteiger partial charge in [0, 0.05) is 12.6 Å². The van der Waals surface area contributed by atoms with Crippen molar-refractivity contribution in [1.82, 2.24) is 5.32 Å². The van der Waals surface area contributed by atoms with E-state index in [1.807, 2.05) is 13.0 Å². The molecule has 0 amide bonds. The van der Waals surface area contributed by atoms with E-state index in [-0.39, 0.29) is 0 Å². The average molecular weight is 277 g/mol. The van der Waals surface area contributed by atoms with Crippen LogP contribution in [0.3, 0.4) is 0 Å². The molecule has 112 valence electrons. The molecule has 1 aromatic carbocycles. The second-order valence-electron chi connectivity index (χ2n) is 5.63. The van der Waals surface area contributed by atoms with Crippen LogP contribution in [0.5, 0.6) is 11.5 Å². The fraction of sp³-hybridized carbons (Fsp3) is 0.647. The van der Waals surface area contributed by atoms with Crippen LogP contribution < -0.4 is 14.8 Å². The number of nitrogens with one attached hydrogen (secondary N) is 1. The lowest BCUT2D eigenvalue weighted by atomic mass is 9.99. The Labute approximate surface area is 122 Å². The molecule has 0 aliphatic heterocycles. The SMILES string of the molecule is CCOc1ccc(CNC(C)C2CCCC2)cc1OC. The number of ether oxygens (including phenoxy) is 2. The van der Waals surface area contributed by atoms with Gasteiger partial charge in [-0.15, -0.1) is 0 Å². The summed E-state index contributed by atoms with van der Waals surface area (Å²) >= 11 is 0. The Morgan fingerprint density at radius 1 is 1.25 bits per heavy atom. The summed E-state index contributed by atoms with van der Waals surface area (Å²) in [7, 11) is 1.69. The lowest BCUT2D eigenvalue weighted by Gasteiger charge is -2.20. The Hall–Kier alpha value is -1.22. The van der Waals surface area contributed by atoms with Crippen molar-refractivity contribution in [2.45, 2.75) is 52.1 Å². The topological polar surface area (TPSA) is 30.5 Å². The van der Waals surface area contributed by atoms with Gasteiger partial charge in [0.05, 0.1) is 13.7 Å². The van der Waals surface area contributed by atoms with Crippen LogP contribution in [0.4, 0.5) is 0 Å². The number of hydrogen-bond donors (Lipinski definition) is 1. The minimum atomic E-state index is 0.593. The number of rotatable bonds is 7. The monoisotopic (exact) mass is 277 g/mol. The fourth-order valence-electron chi connectivity index (χ4n) is 3.00. The van der Waals surface area contributed by atoms with Gasteiger partial charge in [-0.25, -0.2) is 0 Å². The van der Waals surface area contributed by atoms with E-state index in [1.54, 1.807) is 7.11 Å². The van der Waals surface area contributed by atoms with Crippen molar-refractivity contribution in [3.05, 3.63) is 23.8 Å². The van der Waals surface area contributed by atoms with Gasteiger partial charge in [0.15, 0.2) is 11.5 Å². The summed E-state index contributed by atoms with van der Waals surface area (Å²) in [4.78, 5) is 0. The minimum absolute atomic E-state index is 0.593. The van der Waals surface area contributed by atoms with Crippen molar-refractivity contribution >= 4 is 0 Å². The molecule has 1 N–H and O–H groups in total. The zero-order chi connectivity index (χ0) is 14.4. The second kappa shape index (κ2) is 7.53. The first-order valence-corrected chi connectivity index (χ1v) is 7.77. The highest BCUT2D eigenvalue weighted by atomic mass is 16.5. The Morgan fingerprint density at radius 3 is 2.65 bits per heavy atom. The first-order valence-electron chi connectivity index (χ1n) is 7.77. The van der Waals surface area contributed by atoms with Crippen molar-refractivity contribution in [3.63, 3.8) is 0 Å². The summed E-state index contributed by atoms with van der Waals surface area (Å²) in [5.74, 6) is 2.49. The van der Waals surface area contributed by atoms with Crippen LogP contribution in [0.25, 0.3) is 0 Å². The Balaban J connectivity index is 1.91. The van der Waals surface area contributed by atoms with Crippen LogP contribution in [0.15, 0.2) is 18.2 Å². The molecule has 1 aromatic rings. The molecule has 0 aromatic heterocycles. The normalized spacial score (nSPS) is 17.1. The summed E-state index contributed by atoms with van der Waals surface area (Å²) in [5, 5.41) is 3.65. The fourth-order valence-corrected chi connectivity index (χ4v) is 3.00. The Bertz CT molecular complexity index is 413. The van der Waals surface area contributed by atoms with Gasteiger partial charge in [-0.2, -0.15) is 0 Å². The molecule has 2 rings (SSSR count). The largest absolute Gasteiger partial charge is 0.493 e. The summed E-state index contributed by atoms with van der Waals surface area (Å²) in [6, 6.07) is 6.77. The minimum Gasteiger partial charge on any atom is -0.493 e. The molecule has 1 aliphatic rings. The first-order chi connectivity index (χ1) is 9.74. The van der Waals surface area contributed by atoms with E-state index in [1.165, 1.54) is 31.2 Å². The van der Waals surface area contributed by atoms with Crippen LogP contribution in [0, 0.1) is 5.92 Å². The number of hydrogen-bond acceptors (Lipinski definition) is 3. The van der Waals surface area contributed by atoms with E-state index in [9.17, 15) is 0 Å². The van der Waals surface area contributed by atoms with E-state index in [4.69, 9.17) is 9.47 Å². The van der Waals surface area contributed by atoms with E-state index < -0.39 is 0 Å². The molecular formula is C17H27NO2. The predicted octanol–water partition coefficient (Wildman–Crippen LogP) is 3.76. The van der Waals surface area contributed by atoms with Crippen molar-refractivity contribution in [3.8, 4) is 11.5 Å². The molecule has 0 spiro atoms. The van der Waals surface area contributed by atoms with Crippen LogP contribution in [-0.2, 0) is 6.54 Å². The third kappa shape index (κ3) is 3.89. The lowest BCUT2D eigenvalue weighted by Crippen LogP contribution is -2.31. The maximum Gasteiger partial charge on any atom is 0.161 e. The molecule has 0 radical (unpaired) electrons. The zero-order valence-electron chi connectivity index (χ0n) is 12.9.